The van der Waals surface area contributed by atoms with Gasteiger partial charge in [-0.15, -0.1) is 0 Å². The van der Waals surface area contributed by atoms with Gasteiger partial charge in [0.25, 0.3) is 0 Å². The van der Waals surface area contributed by atoms with Crippen molar-refractivity contribution >= 4 is 45.8 Å². The van der Waals surface area contributed by atoms with E-state index < -0.39 is 6.85 Å². The Labute approximate surface area is 267 Å². The molecule has 1 aliphatic carbocycles. The number of carbonyl (C=O) groups excluding carboxylic acids is 1. The number of nitrogens with one attached hydrogen (secondary N) is 1. The third-order valence-electron chi connectivity index (χ3n) is 10.2. The lowest BCUT2D eigenvalue weighted by molar-refractivity contribution is -0.149. The van der Waals surface area contributed by atoms with Crippen LogP contribution < -0.4 is 4.90 Å². The molecule has 4 fully saturated rings. The summed E-state index contributed by atoms with van der Waals surface area (Å²) < 4.78 is 33.8. The van der Waals surface area contributed by atoms with Gasteiger partial charge in [0.2, 0.25) is 5.91 Å². The fourth-order valence-electron chi connectivity index (χ4n) is 8.03. The number of ether oxygens (including phenoxy) is 1. The van der Waals surface area contributed by atoms with Gasteiger partial charge in [0, 0.05) is 76.5 Å². The summed E-state index contributed by atoms with van der Waals surface area (Å²) in [5, 5.41) is 13.8. The summed E-state index contributed by atoms with van der Waals surface area (Å²) in [5.74, 6) is 1.05. The second-order valence-corrected chi connectivity index (χ2v) is 14.4. The van der Waals surface area contributed by atoms with Crippen LogP contribution in [0.5, 0.6) is 0 Å². The number of anilines is 1. The molecule has 230 valence electrons. The molecule has 11 heteroatoms. The van der Waals surface area contributed by atoms with E-state index in [4.69, 9.17) is 37.1 Å². The van der Waals surface area contributed by atoms with Crippen LogP contribution >= 0.6 is 23.2 Å². The summed E-state index contributed by atoms with van der Waals surface area (Å²) in [6.07, 6.45) is 6.40. The molecule has 1 atom stereocenters. The molecular weight excluding hydrogens is 585 g/mol. The molecular formula is C32H41Cl2N7O2. The first-order chi connectivity index (χ1) is 21.8. The standard InChI is InChI=1S/C32H41Cl2N7O2/c1-5-26(42)39-18-32(19-39)14-22(15-32)41-20(2)27(28-23-16-35-36-25(23)12-24(33)29(28)34)30(37-41)40-7-6-21(13-31(40,3)4)17-38-8-10-43-11-9-38/h5,12,16,21-22H,1,6-11,13-15,17-19H2,2-4H3,(H,35,36)/t21-/m1/s1/i2D3. The molecule has 4 aliphatic rings. The normalized spacial score (nSPS) is 25.2. The van der Waals surface area contributed by atoms with E-state index in [1.54, 1.807) is 21.8 Å². The summed E-state index contributed by atoms with van der Waals surface area (Å²) in [4.78, 5) is 18.7. The Bertz CT molecular complexity index is 1670. The van der Waals surface area contributed by atoms with Gasteiger partial charge in [-0.05, 0) is 64.4 Å². The maximum Gasteiger partial charge on any atom is 0.245 e. The van der Waals surface area contributed by atoms with Gasteiger partial charge in [0.15, 0.2) is 5.82 Å². The number of aromatic amines is 1. The average molecular weight is 630 g/mol. The number of morpholine rings is 1. The molecule has 9 nitrogen and oxygen atoms in total. The first-order valence-electron chi connectivity index (χ1n) is 16.7. The number of H-pyrrole nitrogens is 1. The van der Waals surface area contributed by atoms with Crippen molar-refractivity contribution in [2.24, 2.45) is 11.3 Å². The van der Waals surface area contributed by atoms with Crippen LogP contribution in [0.3, 0.4) is 0 Å². The lowest BCUT2D eigenvalue weighted by Gasteiger charge is -2.58. The molecule has 43 heavy (non-hydrogen) atoms. The maximum atomic E-state index is 12.2. The zero-order chi connectivity index (χ0) is 32.6. The molecule has 3 saturated heterocycles. The minimum absolute atomic E-state index is 0.0236. The number of amides is 1. The van der Waals surface area contributed by atoms with Crippen LogP contribution in [0.2, 0.25) is 10.0 Å². The molecule has 5 heterocycles. The number of nitrogens with zero attached hydrogens (tertiary/aromatic N) is 6. The van der Waals surface area contributed by atoms with Crippen LogP contribution in [0, 0.1) is 18.2 Å². The molecule has 7 rings (SSSR count). The van der Waals surface area contributed by atoms with Crippen LogP contribution in [0.4, 0.5) is 5.82 Å². The molecule has 1 saturated carbocycles. The van der Waals surface area contributed by atoms with Crippen molar-refractivity contribution in [3.8, 4) is 11.1 Å². The highest BCUT2D eigenvalue weighted by molar-refractivity contribution is 6.45. The lowest BCUT2D eigenvalue weighted by atomic mass is 9.60. The van der Waals surface area contributed by atoms with Crippen molar-refractivity contribution < 1.29 is 13.6 Å². The number of fused-ring (bicyclic) bond motifs is 1. The number of hydrogen-bond acceptors (Lipinski definition) is 6. The van der Waals surface area contributed by atoms with Crippen LogP contribution in [-0.4, -0.2) is 93.7 Å². The van der Waals surface area contributed by atoms with E-state index in [0.29, 0.717) is 51.9 Å². The number of rotatable bonds is 6. The van der Waals surface area contributed by atoms with Gasteiger partial charge >= 0.3 is 0 Å². The van der Waals surface area contributed by atoms with Crippen molar-refractivity contribution in [2.45, 2.75) is 58.0 Å². The van der Waals surface area contributed by atoms with Gasteiger partial charge in [-0.1, -0.05) is 29.8 Å². The monoisotopic (exact) mass is 628 g/mol. The summed E-state index contributed by atoms with van der Waals surface area (Å²) >= 11 is 13.7. The van der Waals surface area contributed by atoms with Gasteiger partial charge in [-0.3, -0.25) is 19.5 Å². The third-order valence-corrected chi connectivity index (χ3v) is 10.9. The Morgan fingerprint density at radius 1 is 1.21 bits per heavy atom. The van der Waals surface area contributed by atoms with Crippen molar-refractivity contribution in [3.05, 3.63) is 40.7 Å². The third kappa shape index (κ3) is 4.96. The number of hydrogen-bond donors (Lipinski definition) is 1. The molecule has 3 aromatic rings. The quantitative estimate of drug-likeness (QED) is 0.352. The maximum absolute atomic E-state index is 12.2. The predicted molar refractivity (Wildman–Crippen MR) is 171 cm³/mol. The number of piperidine rings is 1. The Kier molecular flexibility index (Phi) is 6.45. The van der Waals surface area contributed by atoms with E-state index in [2.05, 4.69) is 40.4 Å². The smallest absolute Gasteiger partial charge is 0.245 e. The molecule has 2 aromatic heterocycles. The number of halogens is 2. The molecule has 1 spiro atoms. The topological polar surface area (TPSA) is 82.5 Å². The molecule has 0 unspecified atom stereocenters. The van der Waals surface area contributed by atoms with Crippen LogP contribution in [-0.2, 0) is 9.53 Å². The number of benzene rings is 1. The zero-order valence-electron chi connectivity index (χ0n) is 27.8. The van der Waals surface area contributed by atoms with Crippen LogP contribution in [0.15, 0.2) is 24.9 Å². The van der Waals surface area contributed by atoms with Gasteiger partial charge in [0.05, 0.1) is 41.0 Å². The fraction of sp³-hybridized carbons (Fsp3) is 0.594. The Morgan fingerprint density at radius 3 is 2.67 bits per heavy atom. The molecule has 3 aliphatic heterocycles. The van der Waals surface area contributed by atoms with E-state index >= 15 is 0 Å². The summed E-state index contributed by atoms with van der Waals surface area (Å²) in [6.45, 7) is 12.1. The van der Waals surface area contributed by atoms with Crippen molar-refractivity contribution in [2.75, 3.05) is 57.4 Å². The van der Waals surface area contributed by atoms with Gasteiger partial charge < -0.3 is 14.5 Å². The van der Waals surface area contributed by atoms with Gasteiger partial charge in [-0.2, -0.15) is 10.2 Å². The predicted octanol–water partition coefficient (Wildman–Crippen LogP) is 5.72. The SMILES string of the molecule is [2H]C([2H])([2H])c1c(-c2c(Cl)c(Cl)cc3[nH]ncc23)c(N2CC[C@@H](CN3CCOCC3)CC2(C)C)nn1C1CC2(C1)CN(C(=O)C=C)C2. The van der Waals surface area contributed by atoms with Gasteiger partial charge in [0.1, 0.15) is 0 Å². The second-order valence-electron chi connectivity index (χ2n) is 13.6. The lowest BCUT2D eigenvalue weighted by Crippen LogP contribution is -2.63. The molecule has 1 amide bonds. The average Bonchev–Trinajstić information content (AvgIpc) is 3.57. The zero-order valence-corrected chi connectivity index (χ0v) is 26.3. The highest BCUT2D eigenvalue weighted by Crippen LogP contribution is 2.56. The molecule has 1 aromatic carbocycles. The highest BCUT2D eigenvalue weighted by atomic mass is 35.5. The molecule has 0 radical (unpaired) electrons. The van der Waals surface area contributed by atoms with E-state index in [0.717, 1.165) is 65.1 Å². The van der Waals surface area contributed by atoms with E-state index in [1.165, 1.54) is 6.08 Å². The fourth-order valence-corrected chi connectivity index (χ4v) is 8.49. The second kappa shape index (κ2) is 10.8. The Hall–Kier alpha value is -2.59. The summed E-state index contributed by atoms with van der Waals surface area (Å²) in [6, 6.07) is 1.60. The summed E-state index contributed by atoms with van der Waals surface area (Å²) in [5.41, 5.74) is 1.54. The highest BCUT2D eigenvalue weighted by Gasteiger charge is 2.54. The number of carbonyl (C=O) groups is 1. The van der Waals surface area contributed by atoms with Crippen molar-refractivity contribution in [1.29, 1.82) is 0 Å². The van der Waals surface area contributed by atoms with Crippen LogP contribution in [0.25, 0.3) is 22.0 Å². The first kappa shape index (κ1) is 25.7. The largest absolute Gasteiger partial charge is 0.379 e. The van der Waals surface area contributed by atoms with E-state index in [9.17, 15) is 4.79 Å². The minimum Gasteiger partial charge on any atom is -0.379 e. The molecule has 1 N–H and O–H groups in total. The van der Waals surface area contributed by atoms with Gasteiger partial charge in [-0.25, -0.2) is 0 Å². The van der Waals surface area contributed by atoms with E-state index in [1.807, 2.05) is 0 Å². The Balaban J connectivity index is 1.31. The Morgan fingerprint density at radius 2 is 1.98 bits per heavy atom. The van der Waals surface area contributed by atoms with E-state index in [-0.39, 0.29) is 33.6 Å². The van der Waals surface area contributed by atoms with Crippen LogP contribution in [0.1, 0.15) is 55.4 Å². The summed E-state index contributed by atoms with van der Waals surface area (Å²) in [7, 11) is 0. The number of likely N-dealkylation sites (tertiary alicyclic amines) is 1. The minimum atomic E-state index is -2.49. The van der Waals surface area contributed by atoms with Crippen molar-refractivity contribution in [1.82, 2.24) is 29.8 Å². The first-order valence-corrected chi connectivity index (χ1v) is 16.0. The van der Waals surface area contributed by atoms with Crippen molar-refractivity contribution in [3.63, 3.8) is 0 Å². The number of aromatic nitrogens is 4. The molecule has 0 bridgehead atoms.